The summed E-state index contributed by atoms with van der Waals surface area (Å²) in [5.41, 5.74) is 14.2. The number of aromatic nitrogens is 2. The first kappa shape index (κ1) is 17.1. The molecule has 2 aromatic carbocycles. The Kier molecular flexibility index (Phi) is 4.27. The minimum absolute atomic E-state index is 0.0204. The van der Waals surface area contributed by atoms with E-state index in [1.807, 2.05) is 12.1 Å². The SMILES string of the molecule is CC(C)(C)c1ccccc1Sc1c(C#N)ccc2nc(N)nc(N)c12. The highest BCUT2D eigenvalue weighted by atomic mass is 32.2. The molecule has 0 spiro atoms. The number of rotatable bonds is 2. The van der Waals surface area contributed by atoms with Crippen molar-refractivity contribution in [3.05, 3.63) is 47.5 Å². The van der Waals surface area contributed by atoms with Gasteiger partial charge in [0.2, 0.25) is 5.95 Å². The molecule has 0 bridgehead atoms. The third kappa shape index (κ3) is 3.24. The van der Waals surface area contributed by atoms with E-state index in [1.54, 1.807) is 12.1 Å². The van der Waals surface area contributed by atoms with Gasteiger partial charge in [-0.1, -0.05) is 50.7 Å². The number of anilines is 2. The molecule has 0 amide bonds. The minimum Gasteiger partial charge on any atom is -0.383 e. The molecule has 3 aromatic rings. The average molecular weight is 349 g/mol. The molecule has 4 N–H and O–H groups in total. The van der Waals surface area contributed by atoms with E-state index >= 15 is 0 Å². The van der Waals surface area contributed by atoms with Crippen LogP contribution in [0.15, 0.2) is 46.2 Å². The van der Waals surface area contributed by atoms with Gasteiger partial charge in [0, 0.05) is 9.79 Å². The van der Waals surface area contributed by atoms with E-state index in [9.17, 15) is 5.26 Å². The molecule has 1 aromatic heterocycles. The smallest absolute Gasteiger partial charge is 0.222 e. The molecule has 0 saturated carbocycles. The Morgan fingerprint density at radius 1 is 1.04 bits per heavy atom. The van der Waals surface area contributed by atoms with Crippen LogP contribution in [0.1, 0.15) is 31.9 Å². The van der Waals surface area contributed by atoms with Gasteiger partial charge < -0.3 is 11.5 Å². The van der Waals surface area contributed by atoms with Gasteiger partial charge in [0.15, 0.2) is 0 Å². The standard InChI is InChI=1S/C19H19N5S/c1-19(2,3)12-6-4-5-7-14(12)25-16-11(10-20)8-9-13-15(16)17(21)24-18(22)23-13/h4-9H,1-3H3,(H4,21,22,23,24). The third-order valence-corrected chi connectivity index (χ3v) is 5.09. The van der Waals surface area contributed by atoms with Crippen LogP contribution in [0.4, 0.5) is 11.8 Å². The number of nitrogens with two attached hydrogens (primary N) is 2. The number of nitrogen functional groups attached to an aromatic ring is 2. The number of hydrogen-bond acceptors (Lipinski definition) is 6. The van der Waals surface area contributed by atoms with E-state index in [2.05, 4.69) is 48.9 Å². The van der Waals surface area contributed by atoms with Gasteiger partial charge in [-0.3, -0.25) is 0 Å². The van der Waals surface area contributed by atoms with Crippen molar-refractivity contribution in [1.29, 1.82) is 5.26 Å². The third-order valence-electron chi connectivity index (χ3n) is 3.89. The van der Waals surface area contributed by atoms with Gasteiger partial charge >= 0.3 is 0 Å². The van der Waals surface area contributed by atoms with Crippen molar-refractivity contribution in [1.82, 2.24) is 9.97 Å². The molecule has 0 fully saturated rings. The summed E-state index contributed by atoms with van der Waals surface area (Å²) in [5.74, 6) is 0.413. The average Bonchev–Trinajstić information content (AvgIpc) is 2.54. The molecule has 6 heteroatoms. The first-order valence-corrected chi connectivity index (χ1v) is 8.66. The highest BCUT2D eigenvalue weighted by Crippen LogP contribution is 2.41. The van der Waals surface area contributed by atoms with Crippen molar-refractivity contribution >= 4 is 34.4 Å². The summed E-state index contributed by atoms with van der Waals surface area (Å²) in [6.07, 6.45) is 0. The Bertz CT molecular complexity index is 999. The van der Waals surface area contributed by atoms with Crippen LogP contribution in [-0.4, -0.2) is 9.97 Å². The molecule has 25 heavy (non-hydrogen) atoms. The Morgan fingerprint density at radius 2 is 1.76 bits per heavy atom. The molecule has 0 aliphatic carbocycles. The molecule has 0 aliphatic heterocycles. The predicted molar refractivity (Wildman–Crippen MR) is 102 cm³/mol. The van der Waals surface area contributed by atoms with Gasteiger partial charge in [-0.2, -0.15) is 10.2 Å². The Labute approximate surface area is 151 Å². The summed E-state index contributed by atoms with van der Waals surface area (Å²) < 4.78 is 0. The lowest BCUT2D eigenvalue weighted by Crippen LogP contribution is -2.12. The molecule has 1 heterocycles. The van der Waals surface area contributed by atoms with Gasteiger partial charge in [0.1, 0.15) is 11.9 Å². The number of fused-ring (bicyclic) bond motifs is 1. The molecule has 0 aliphatic rings. The maximum Gasteiger partial charge on any atom is 0.222 e. The molecule has 0 unspecified atom stereocenters. The zero-order chi connectivity index (χ0) is 18.2. The van der Waals surface area contributed by atoms with Gasteiger partial charge in [0.25, 0.3) is 0 Å². The lowest BCUT2D eigenvalue weighted by atomic mass is 9.87. The fourth-order valence-electron chi connectivity index (χ4n) is 2.72. The summed E-state index contributed by atoms with van der Waals surface area (Å²) in [5, 5.41) is 10.2. The van der Waals surface area contributed by atoms with Crippen LogP contribution in [-0.2, 0) is 5.41 Å². The first-order chi connectivity index (χ1) is 11.8. The first-order valence-electron chi connectivity index (χ1n) is 7.84. The van der Waals surface area contributed by atoms with Gasteiger partial charge in [-0.25, -0.2) is 4.98 Å². The van der Waals surface area contributed by atoms with E-state index in [1.165, 1.54) is 17.3 Å². The molecule has 0 radical (unpaired) electrons. The molecule has 126 valence electrons. The number of nitrogens with zero attached hydrogens (tertiary/aromatic N) is 3. The monoisotopic (exact) mass is 349 g/mol. The van der Waals surface area contributed by atoms with Gasteiger partial charge in [-0.05, 0) is 29.2 Å². The van der Waals surface area contributed by atoms with Crippen molar-refractivity contribution in [2.24, 2.45) is 0 Å². The summed E-state index contributed by atoms with van der Waals surface area (Å²) in [4.78, 5) is 10.2. The minimum atomic E-state index is -0.0204. The van der Waals surface area contributed by atoms with E-state index in [4.69, 9.17) is 11.5 Å². The topological polar surface area (TPSA) is 102 Å². The zero-order valence-corrected chi connectivity index (χ0v) is 15.2. The van der Waals surface area contributed by atoms with Crippen LogP contribution < -0.4 is 11.5 Å². The van der Waals surface area contributed by atoms with E-state index in [-0.39, 0.29) is 17.2 Å². The fourth-order valence-corrected chi connectivity index (χ4v) is 4.11. The lowest BCUT2D eigenvalue weighted by molar-refractivity contribution is 0.578. The molecular formula is C19H19N5S. The molecule has 0 atom stereocenters. The highest BCUT2D eigenvalue weighted by Gasteiger charge is 2.21. The zero-order valence-electron chi connectivity index (χ0n) is 14.4. The van der Waals surface area contributed by atoms with Crippen LogP contribution >= 0.6 is 11.8 Å². The summed E-state index contributed by atoms with van der Waals surface area (Å²) in [6, 6.07) is 13.9. The van der Waals surface area contributed by atoms with Crippen molar-refractivity contribution in [3.63, 3.8) is 0 Å². The Balaban J connectivity index is 2.26. The van der Waals surface area contributed by atoms with E-state index in [0.717, 1.165) is 9.79 Å². The van der Waals surface area contributed by atoms with Crippen LogP contribution in [0.2, 0.25) is 0 Å². The lowest BCUT2D eigenvalue weighted by Gasteiger charge is -2.23. The van der Waals surface area contributed by atoms with Gasteiger partial charge in [-0.15, -0.1) is 0 Å². The quantitative estimate of drug-likeness (QED) is 0.722. The summed E-state index contributed by atoms with van der Waals surface area (Å²) in [7, 11) is 0. The van der Waals surface area contributed by atoms with Crippen molar-refractivity contribution in [2.75, 3.05) is 11.5 Å². The molecular weight excluding hydrogens is 330 g/mol. The van der Waals surface area contributed by atoms with Crippen molar-refractivity contribution < 1.29 is 0 Å². The Hall–Kier alpha value is -2.78. The number of nitriles is 1. The Morgan fingerprint density at radius 3 is 2.44 bits per heavy atom. The fraction of sp³-hybridized carbons (Fsp3) is 0.211. The van der Waals surface area contributed by atoms with Crippen LogP contribution in [0.3, 0.4) is 0 Å². The number of benzene rings is 2. The molecule has 3 rings (SSSR count). The molecule has 5 nitrogen and oxygen atoms in total. The van der Waals surface area contributed by atoms with Crippen LogP contribution in [0.5, 0.6) is 0 Å². The largest absolute Gasteiger partial charge is 0.383 e. The van der Waals surface area contributed by atoms with Crippen molar-refractivity contribution in [3.8, 4) is 6.07 Å². The predicted octanol–water partition coefficient (Wildman–Crippen LogP) is 4.11. The van der Waals surface area contributed by atoms with Crippen LogP contribution in [0, 0.1) is 11.3 Å². The summed E-state index contributed by atoms with van der Waals surface area (Å²) >= 11 is 1.52. The second kappa shape index (κ2) is 6.26. The molecule has 0 saturated heterocycles. The maximum absolute atomic E-state index is 9.56. The van der Waals surface area contributed by atoms with Crippen molar-refractivity contribution in [2.45, 2.75) is 36.0 Å². The highest BCUT2D eigenvalue weighted by molar-refractivity contribution is 7.99. The second-order valence-corrected chi connectivity index (χ2v) is 7.82. The van der Waals surface area contributed by atoms with E-state index < -0.39 is 0 Å². The summed E-state index contributed by atoms with van der Waals surface area (Å²) in [6.45, 7) is 6.50. The normalized spacial score (nSPS) is 11.4. The number of hydrogen-bond donors (Lipinski definition) is 2. The van der Waals surface area contributed by atoms with Gasteiger partial charge in [0.05, 0.1) is 16.5 Å². The van der Waals surface area contributed by atoms with Crippen LogP contribution in [0.25, 0.3) is 10.9 Å². The maximum atomic E-state index is 9.56. The second-order valence-electron chi connectivity index (χ2n) is 6.76. The van der Waals surface area contributed by atoms with E-state index in [0.29, 0.717) is 16.5 Å².